The number of rotatable bonds is 8. The Labute approximate surface area is 195 Å². The Bertz CT molecular complexity index is 911. The number of hydrogen-bond donors (Lipinski definition) is 1. The summed E-state index contributed by atoms with van der Waals surface area (Å²) in [4.78, 5) is 24.3. The summed E-state index contributed by atoms with van der Waals surface area (Å²) in [6.07, 6.45) is 8.68. The van der Waals surface area contributed by atoms with Crippen molar-refractivity contribution < 1.29 is 9.53 Å². The van der Waals surface area contributed by atoms with E-state index in [9.17, 15) is 4.79 Å². The largest absolute Gasteiger partial charge is 0.376 e. The lowest BCUT2D eigenvalue weighted by atomic mass is 9.94. The summed E-state index contributed by atoms with van der Waals surface area (Å²) < 4.78 is 5.59. The van der Waals surface area contributed by atoms with Crippen molar-refractivity contribution in [3.05, 3.63) is 47.2 Å². The molecule has 1 saturated carbocycles. The van der Waals surface area contributed by atoms with Gasteiger partial charge in [0, 0.05) is 49.3 Å². The molecule has 4 rings (SSSR count). The van der Waals surface area contributed by atoms with E-state index in [0.29, 0.717) is 18.2 Å². The summed E-state index contributed by atoms with van der Waals surface area (Å²) in [6.45, 7) is 3.40. The highest BCUT2D eigenvalue weighted by atomic mass is 32.2. The summed E-state index contributed by atoms with van der Waals surface area (Å²) in [7, 11) is 2.16. The van der Waals surface area contributed by atoms with Crippen LogP contribution in [0.5, 0.6) is 0 Å². The van der Waals surface area contributed by atoms with Crippen LogP contribution in [0.2, 0.25) is 0 Å². The number of aryl methyl sites for hydroxylation is 1. The Morgan fingerprint density at radius 3 is 2.78 bits per heavy atom. The fraction of sp³-hybridized carbons (Fsp3) is 0.560. The van der Waals surface area contributed by atoms with Crippen LogP contribution in [0.3, 0.4) is 0 Å². The van der Waals surface area contributed by atoms with E-state index in [0.717, 1.165) is 47.4 Å². The average Bonchev–Trinajstić information content (AvgIpc) is 3.35. The van der Waals surface area contributed by atoms with E-state index in [1.165, 1.54) is 32.1 Å². The standard InChI is InChI=1S/C25H34N4O2S/c1-18-14-23(29(2)21-10-4-3-5-11-21)28-25(27-18)32-17-19-8-6-9-20(15-19)24(30)26-16-22-12-7-13-31-22/h6,8-9,14-15,21-22H,3-5,7,10-13,16-17H2,1-2H3,(H,26,30). The van der Waals surface area contributed by atoms with E-state index in [-0.39, 0.29) is 12.0 Å². The Balaban J connectivity index is 1.36. The maximum absolute atomic E-state index is 12.5. The fourth-order valence-corrected chi connectivity index (χ4v) is 5.33. The molecule has 0 bridgehead atoms. The second kappa shape index (κ2) is 11.1. The lowest BCUT2D eigenvalue weighted by Crippen LogP contribution is -2.34. The van der Waals surface area contributed by atoms with E-state index < -0.39 is 0 Å². The first-order chi connectivity index (χ1) is 15.6. The van der Waals surface area contributed by atoms with Gasteiger partial charge in [0.05, 0.1) is 6.10 Å². The van der Waals surface area contributed by atoms with Gasteiger partial charge in [-0.25, -0.2) is 9.97 Å². The predicted molar refractivity (Wildman–Crippen MR) is 129 cm³/mol. The van der Waals surface area contributed by atoms with Crippen LogP contribution in [-0.4, -0.2) is 48.2 Å². The van der Waals surface area contributed by atoms with Gasteiger partial charge in [0.15, 0.2) is 5.16 Å². The molecule has 1 N–H and O–H groups in total. The molecule has 1 aliphatic carbocycles. The maximum atomic E-state index is 12.5. The quantitative estimate of drug-likeness (QED) is 0.458. The molecule has 172 valence electrons. The van der Waals surface area contributed by atoms with Crippen molar-refractivity contribution >= 4 is 23.5 Å². The zero-order valence-corrected chi connectivity index (χ0v) is 20.0. The van der Waals surface area contributed by atoms with E-state index in [1.807, 2.05) is 25.1 Å². The molecule has 7 heteroatoms. The first kappa shape index (κ1) is 23.1. The van der Waals surface area contributed by atoms with Crippen molar-refractivity contribution in [1.29, 1.82) is 0 Å². The molecule has 0 radical (unpaired) electrons. The topological polar surface area (TPSA) is 67.4 Å². The second-order valence-electron chi connectivity index (χ2n) is 8.89. The number of ether oxygens (including phenoxy) is 1. The summed E-state index contributed by atoms with van der Waals surface area (Å²) in [5, 5.41) is 3.79. The first-order valence-electron chi connectivity index (χ1n) is 11.8. The molecule has 1 unspecified atom stereocenters. The lowest BCUT2D eigenvalue weighted by Gasteiger charge is -2.32. The van der Waals surface area contributed by atoms with Crippen LogP contribution < -0.4 is 10.2 Å². The molecule has 1 aliphatic heterocycles. The number of benzene rings is 1. The average molecular weight is 455 g/mol. The van der Waals surface area contributed by atoms with Gasteiger partial charge in [-0.05, 0) is 50.3 Å². The van der Waals surface area contributed by atoms with Crippen LogP contribution in [0.1, 0.15) is 66.6 Å². The minimum atomic E-state index is -0.0458. The first-order valence-corrected chi connectivity index (χ1v) is 12.8. The minimum absolute atomic E-state index is 0.0458. The van der Waals surface area contributed by atoms with E-state index in [1.54, 1.807) is 11.8 Å². The molecular weight excluding hydrogens is 420 g/mol. The SMILES string of the molecule is Cc1cc(N(C)C2CCCCC2)nc(SCc2cccc(C(=O)NCC3CCCO3)c2)n1. The van der Waals surface area contributed by atoms with Gasteiger partial charge in [0.1, 0.15) is 5.82 Å². The molecule has 1 saturated heterocycles. The van der Waals surface area contributed by atoms with E-state index in [2.05, 4.69) is 34.4 Å². The molecular formula is C25H34N4O2S. The van der Waals surface area contributed by atoms with Gasteiger partial charge in [0.25, 0.3) is 5.91 Å². The van der Waals surface area contributed by atoms with Gasteiger partial charge >= 0.3 is 0 Å². The molecule has 32 heavy (non-hydrogen) atoms. The number of anilines is 1. The lowest BCUT2D eigenvalue weighted by molar-refractivity contribution is 0.0857. The van der Waals surface area contributed by atoms with Crippen LogP contribution in [-0.2, 0) is 10.5 Å². The predicted octanol–water partition coefficient (Wildman–Crippen LogP) is 4.76. The summed E-state index contributed by atoms with van der Waals surface area (Å²) in [5.74, 6) is 1.69. The van der Waals surface area contributed by atoms with E-state index >= 15 is 0 Å². The van der Waals surface area contributed by atoms with Crippen molar-refractivity contribution in [2.75, 3.05) is 25.1 Å². The highest BCUT2D eigenvalue weighted by molar-refractivity contribution is 7.98. The summed E-state index contributed by atoms with van der Waals surface area (Å²) in [6, 6.07) is 10.5. The molecule has 2 fully saturated rings. The highest BCUT2D eigenvalue weighted by Crippen LogP contribution is 2.27. The normalized spacial score (nSPS) is 19.1. The van der Waals surface area contributed by atoms with Gasteiger partial charge in [-0.2, -0.15) is 0 Å². The molecule has 2 heterocycles. The maximum Gasteiger partial charge on any atom is 0.251 e. The molecule has 0 spiro atoms. The Hall–Kier alpha value is -2.12. The zero-order chi connectivity index (χ0) is 22.3. The third kappa shape index (κ3) is 6.23. The molecule has 2 aromatic rings. The Morgan fingerprint density at radius 2 is 2.00 bits per heavy atom. The number of nitrogens with one attached hydrogen (secondary N) is 1. The van der Waals surface area contributed by atoms with Crippen LogP contribution in [0, 0.1) is 6.92 Å². The number of nitrogens with zero attached hydrogens (tertiary/aromatic N) is 3. The summed E-state index contributed by atoms with van der Waals surface area (Å²) in [5.41, 5.74) is 2.76. The minimum Gasteiger partial charge on any atom is -0.376 e. The molecule has 2 aliphatic rings. The highest BCUT2D eigenvalue weighted by Gasteiger charge is 2.20. The van der Waals surface area contributed by atoms with Gasteiger partial charge in [-0.1, -0.05) is 43.2 Å². The van der Waals surface area contributed by atoms with Crippen molar-refractivity contribution in [1.82, 2.24) is 15.3 Å². The number of aromatic nitrogens is 2. The van der Waals surface area contributed by atoms with Crippen LogP contribution in [0.25, 0.3) is 0 Å². The molecule has 6 nitrogen and oxygen atoms in total. The smallest absolute Gasteiger partial charge is 0.251 e. The monoisotopic (exact) mass is 454 g/mol. The van der Waals surface area contributed by atoms with Crippen molar-refractivity contribution in [2.45, 2.75) is 74.9 Å². The van der Waals surface area contributed by atoms with Crippen LogP contribution >= 0.6 is 11.8 Å². The fourth-order valence-electron chi connectivity index (χ4n) is 4.49. The van der Waals surface area contributed by atoms with E-state index in [4.69, 9.17) is 9.72 Å². The van der Waals surface area contributed by atoms with Crippen LogP contribution in [0.4, 0.5) is 5.82 Å². The summed E-state index contributed by atoms with van der Waals surface area (Å²) >= 11 is 1.62. The van der Waals surface area contributed by atoms with Gasteiger partial charge in [-0.3, -0.25) is 4.79 Å². The molecule has 1 amide bonds. The molecule has 1 aromatic heterocycles. The number of thioether (sulfide) groups is 1. The zero-order valence-electron chi connectivity index (χ0n) is 19.2. The second-order valence-corrected chi connectivity index (χ2v) is 9.83. The third-order valence-electron chi connectivity index (χ3n) is 6.38. The number of amides is 1. The van der Waals surface area contributed by atoms with Gasteiger partial charge < -0.3 is 15.0 Å². The van der Waals surface area contributed by atoms with Gasteiger partial charge in [-0.15, -0.1) is 0 Å². The Kier molecular flexibility index (Phi) is 8.03. The third-order valence-corrected chi connectivity index (χ3v) is 7.29. The Morgan fingerprint density at radius 1 is 1.16 bits per heavy atom. The number of carbonyl (C=O) groups excluding carboxylic acids is 1. The van der Waals surface area contributed by atoms with Crippen molar-refractivity contribution in [3.63, 3.8) is 0 Å². The number of hydrogen-bond acceptors (Lipinski definition) is 6. The number of carbonyl (C=O) groups is 1. The van der Waals surface area contributed by atoms with Crippen LogP contribution in [0.15, 0.2) is 35.5 Å². The molecule has 1 atom stereocenters. The van der Waals surface area contributed by atoms with Crippen molar-refractivity contribution in [2.24, 2.45) is 0 Å². The van der Waals surface area contributed by atoms with Gasteiger partial charge in [0.2, 0.25) is 0 Å². The molecule has 1 aromatic carbocycles. The van der Waals surface area contributed by atoms with Crippen molar-refractivity contribution in [3.8, 4) is 0 Å².